The number of carbonyl (C=O) groups excluding carboxylic acids is 1. The van der Waals surface area contributed by atoms with Crippen molar-refractivity contribution >= 4 is 39.3 Å². The quantitative estimate of drug-likeness (QED) is 0.484. The fraction of sp³-hybridized carbons (Fsp3) is 0.350. The molecule has 2 aromatic heterocycles. The van der Waals surface area contributed by atoms with Gasteiger partial charge in [0, 0.05) is 38.2 Å². The highest BCUT2D eigenvalue weighted by atomic mass is 35.5. The van der Waals surface area contributed by atoms with E-state index in [-0.39, 0.29) is 29.6 Å². The molecule has 0 radical (unpaired) electrons. The van der Waals surface area contributed by atoms with Gasteiger partial charge in [-0.3, -0.25) is 4.79 Å². The molecule has 1 amide bonds. The van der Waals surface area contributed by atoms with Crippen LogP contribution in [0.15, 0.2) is 51.1 Å². The maximum absolute atomic E-state index is 12.8. The topological polar surface area (TPSA) is 102 Å². The molecule has 3 aromatic rings. The number of thioether (sulfide) groups is 1. The van der Waals surface area contributed by atoms with Gasteiger partial charge in [-0.15, -0.1) is 10.2 Å². The summed E-state index contributed by atoms with van der Waals surface area (Å²) >= 11 is 7.15. The average molecular weight is 496 g/mol. The minimum atomic E-state index is -3.61. The predicted octanol–water partition coefficient (Wildman–Crippen LogP) is 2.66. The first-order valence-corrected chi connectivity index (χ1v) is 12.7. The zero-order valence-corrected chi connectivity index (χ0v) is 20.0. The molecule has 32 heavy (non-hydrogen) atoms. The lowest BCUT2D eigenvalue weighted by atomic mass is 10.2. The molecular formula is C20H22ClN5O4S2. The molecular weight excluding hydrogens is 474 g/mol. The van der Waals surface area contributed by atoms with Gasteiger partial charge in [-0.05, 0) is 37.3 Å². The van der Waals surface area contributed by atoms with Gasteiger partial charge in [-0.2, -0.15) is 4.31 Å². The third-order valence-electron chi connectivity index (χ3n) is 5.30. The van der Waals surface area contributed by atoms with Gasteiger partial charge in [0.25, 0.3) is 0 Å². The first-order chi connectivity index (χ1) is 15.3. The molecule has 12 heteroatoms. The van der Waals surface area contributed by atoms with Crippen LogP contribution in [0.25, 0.3) is 11.4 Å². The van der Waals surface area contributed by atoms with Crippen LogP contribution in [0.5, 0.6) is 0 Å². The van der Waals surface area contributed by atoms with Crippen LogP contribution in [0.2, 0.25) is 5.02 Å². The van der Waals surface area contributed by atoms with Crippen molar-refractivity contribution in [2.75, 3.05) is 31.9 Å². The molecule has 4 rings (SSSR count). The third kappa shape index (κ3) is 4.56. The molecule has 0 atom stereocenters. The fourth-order valence-electron chi connectivity index (χ4n) is 3.44. The van der Waals surface area contributed by atoms with Gasteiger partial charge in [0.2, 0.25) is 15.9 Å². The molecule has 3 heterocycles. The first kappa shape index (κ1) is 22.8. The molecule has 0 spiro atoms. The Hall–Kier alpha value is -2.34. The van der Waals surface area contributed by atoms with E-state index in [1.54, 1.807) is 23.3 Å². The van der Waals surface area contributed by atoms with Crippen molar-refractivity contribution in [1.29, 1.82) is 0 Å². The third-order valence-corrected chi connectivity index (χ3v) is 8.47. The maximum atomic E-state index is 12.8. The Morgan fingerprint density at radius 3 is 2.44 bits per heavy atom. The van der Waals surface area contributed by atoms with E-state index < -0.39 is 10.0 Å². The smallest absolute Gasteiger partial charge is 0.243 e. The number of carbonyl (C=O) groups is 1. The van der Waals surface area contributed by atoms with Gasteiger partial charge >= 0.3 is 0 Å². The number of furan rings is 1. The zero-order valence-electron chi connectivity index (χ0n) is 17.6. The molecule has 1 aliphatic rings. The molecule has 0 N–H and O–H groups in total. The lowest BCUT2D eigenvalue weighted by molar-refractivity contribution is -0.129. The Morgan fingerprint density at radius 1 is 1.12 bits per heavy atom. The number of nitrogens with zero attached hydrogens (tertiary/aromatic N) is 5. The number of hydrogen-bond donors (Lipinski definition) is 0. The van der Waals surface area contributed by atoms with Crippen molar-refractivity contribution in [3.8, 4) is 11.4 Å². The van der Waals surface area contributed by atoms with Gasteiger partial charge in [0.05, 0.1) is 22.5 Å². The number of rotatable bonds is 6. The van der Waals surface area contributed by atoms with E-state index in [1.807, 2.05) is 24.6 Å². The number of aryl methyl sites for hydroxylation is 1. The van der Waals surface area contributed by atoms with E-state index in [0.717, 1.165) is 11.3 Å². The highest BCUT2D eigenvalue weighted by Crippen LogP contribution is 2.26. The normalized spacial score (nSPS) is 15.3. The van der Waals surface area contributed by atoms with E-state index in [1.165, 1.54) is 28.2 Å². The zero-order chi connectivity index (χ0) is 22.9. The summed E-state index contributed by atoms with van der Waals surface area (Å²) in [6, 6.07) is 7.92. The van der Waals surface area contributed by atoms with Gasteiger partial charge in [0.1, 0.15) is 5.76 Å². The van der Waals surface area contributed by atoms with Crippen LogP contribution in [0, 0.1) is 6.92 Å². The van der Waals surface area contributed by atoms with E-state index in [9.17, 15) is 13.2 Å². The number of halogens is 1. The average Bonchev–Trinajstić information content (AvgIpc) is 3.37. The lowest BCUT2D eigenvalue weighted by Crippen LogP contribution is -2.50. The summed E-state index contributed by atoms with van der Waals surface area (Å²) < 4.78 is 34.1. The second-order valence-corrected chi connectivity index (χ2v) is 10.6. The SMILES string of the molecule is Cc1occc1-c1nnc(SCC(=O)N2CCN(S(=O)(=O)c3ccc(Cl)cc3)CC2)n1C. The van der Waals surface area contributed by atoms with Crippen molar-refractivity contribution in [3.63, 3.8) is 0 Å². The Kier molecular flexibility index (Phi) is 6.61. The van der Waals surface area contributed by atoms with Crippen LogP contribution < -0.4 is 0 Å². The predicted molar refractivity (Wildman–Crippen MR) is 121 cm³/mol. The molecule has 1 aromatic carbocycles. The molecule has 0 unspecified atom stereocenters. The Balaban J connectivity index is 1.33. The number of hydrogen-bond acceptors (Lipinski definition) is 7. The number of sulfonamides is 1. The summed E-state index contributed by atoms with van der Waals surface area (Å²) in [7, 11) is -1.77. The van der Waals surface area contributed by atoms with Crippen molar-refractivity contribution in [3.05, 3.63) is 47.4 Å². The molecule has 1 aliphatic heterocycles. The van der Waals surface area contributed by atoms with Crippen LogP contribution in [-0.2, 0) is 21.9 Å². The summed E-state index contributed by atoms with van der Waals surface area (Å²) in [5.41, 5.74) is 0.858. The summed E-state index contributed by atoms with van der Waals surface area (Å²) in [4.78, 5) is 14.6. The van der Waals surface area contributed by atoms with Crippen molar-refractivity contribution < 1.29 is 17.6 Å². The van der Waals surface area contributed by atoms with Crippen LogP contribution in [0.4, 0.5) is 0 Å². The number of amides is 1. The van der Waals surface area contributed by atoms with E-state index >= 15 is 0 Å². The monoisotopic (exact) mass is 495 g/mol. The lowest BCUT2D eigenvalue weighted by Gasteiger charge is -2.34. The summed E-state index contributed by atoms with van der Waals surface area (Å²) in [5, 5.41) is 9.49. The molecule has 9 nitrogen and oxygen atoms in total. The second kappa shape index (κ2) is 9.26. The minimum absolute atomic E-state index is 0.0671. The molecule has 0 aliphatic carbocycles. The van der Waals surface area contributed by atoms with Gasteiger partial charge < -0.3 is 13.9 Å². The Bertz CT molecular complexity index is 1220. The largest absolute Gasteiger partial charge is 0.469 e. The number of piperazine rings is 1. The highest BCUT2D eigenvalue weighted by molar-refractivity contribution is 7.99. The first-order valence-electron chi connectivity index (χ1n) is 9.87. The van der Waals surface area contributed by atoms with E-state index in [0.29, 0.717) is 29.1 Å². The summed E-state index contributed by atoms with van der Waals surface area (Å²) in [6.07, 6.45) is 1.60. The Morgan fingerprint density at radius 2 is 1.81 bits per heavy atom. The molecule has 1 fully saturated rings. The summed E-state index contributed by atoms with van der Waals surface area (Å²) in [6.45, 7) is 3.02. The second-order valence-electron chi connectivity index (χ2n) is 7.28. The van der Waals surface area contributed by atoms with Crippen LogP contribution >= 0.6 is 23.4 Å². The summed E-state index contributed by atoms with van der Waals surface area (Å²) in [5.74, 6) is 1.55. The van der Waals surface area contributed by atoms with Crippen molar-refractivity contribution in [1.82, 2.24) is 24.0 Å². The van der Waals surface area contributed by atoms with Crippen LogP contribution in [0.3, 0.4) is 0 Å². The Labute approximate surface area is 195 Å². The van der Waals surface area contributed by atoms with Gasteiger partial charge in [0.15, 0.2) is 11.0 Å². The molecule has 0 bridgehead atoms. The molecule has 0 saturated carbocycles. The molecule has 170 valence electrons. The van der Waals surface area contributed by atoms with Crippen LogP contribution in [0.1, 0.15) is 5.76 Å². The fourth-order valence-corrected chi connectivity index (χ4v) is 5.81. The van der Waals surface area contributed by atoms with Gasteiger partial charge in [-0.25, -0.2) is 8.42 Å². The minimum Gasteiger partial charge on any atom is -0.469 e. The maximum Gasteiger partial charge on any atom is 0.243 e. The highest BCUT2D eigenvalue weighted by Gasteiger charge is 2.30. The number of aromatic nitrogens is 3. The van der Waals surface area contributed by atoms with E-state index in [2.05, 4.69) is 10.2 Å². The van der Waals surface area contributed by atoms with Gasteiger partial charge in [-0.1, -0.05) is 23.4 Å². The standard InChI is InChI=1S/C20H22ClN5O4S2/c1-14-17(7-12-30-14)19-22-23-20(24(19)2)31-13-18(27)25-8-10-26(11-9-25)32(28,29)16-5-3-15(21)4-6-16/h3-7,12H,8-11,13H2,1-2H3. The molecule has 1 saturated heterocycles. The number of benzene rings is 1. The van der Waals surface area contributed by atoms with E-state index in [4.69, 9.17) is 16.0 Å². The van der Waals surface area contributed by atoms with Crippen molar-refractivity contribution in [2.24, 2.45) is 7.05 Å². The van der Waals surface area contributed by atoms with Crippen LogP contribution in [-0.4, -0.2) is 70.2 Å². The van der Waals surface area contributed by atoms with Crippen molar-refractivity contribution in [2.45, 2.75) is 17.0 Å².